The molecule has 2 heterocycles. The van der Waals surface area contributed by atoms with Crippen molar-refractivity contribution in [3.63, 3.8) is 0 Å². The molecule has 0 bridgehead atoms. The summed E-state index contributed by atoms with van der Waals surface area (Å²) in [6, 6.07) is 18.8. The van der Waals surface area contributed by atoms with Gasteiger partial charge in [-0.25, -0.2) is 4.98 Å². The van der Waals surface area contributed by atoms with E-state index in [1.165, 1.54) is 11.3 Å². The van der Waals surface area contributed by atoms with Crippen molar-refractivity contribution < 1.29 is 23.7 Å². The second kappa shape index (κ2) is 9.84. The van der Waals surface area contributed by atoms with Gasteiger partial charge >= 0.3 is 0 Å². The van der Waals surface area contributed by atoms with Gasteiger partial charge in [0.1, 0.15) is 18.1 Å². The van der Waals surface area contributed by atoms with Crippen molar-refractivity contribution in [3.8, 4) is 23.0 Å². The quantitative estimate of drug-likeness (QED) is 0.357. The van der Waals surface area contributed by atoms with Crippen molar-refractivity contribution >= 4 is 27.5 Å². The second-order valence-corrected chi connectivity index (χ2v) is 9.17. The number of nitrogens with zero attached hydrogens (tertiary/aromatic N) is 2. The molecule has 3 aromatic carbocycles. The molecule has 180 valence electrons. The lowest BCUT2D eigenvalue weighted by atomic mass is 9.92. The van der Waals surface area contributed by atoms with Gasteiger partial charge in [-0.1, -0.05) is 12.1 Å². The van der Waals surface area contributed by atoms with E-state index in [0.717, 1.165) is 27.1 Å². The Morgan fingerprint density at radius 1 is 0.971 bits per heavy atom. The number of hydrogen-bond acceptors (Lipinski definition) is 7. The first-order valence-electron chi connectivity index (χ1n) is 11.3. The smallest absolute Gasteiger partial charge is 0.283 e. The highest BCUT2D eigenvalue weighted by Crippen LogP contribution is 2.39. The Morgan fingerprint density at radius 3 is 2.40 bits per heavy atom. The molecule has 0 N–H and O–H groups in total. The van der Waals surface area contributed by atoms with Gasteiger partial charge in [0.15, 0.2) is 16.5 Å². The maximum Gasteiger partial charge on any atom is 0.283 e. The summed E-state index contributed by atoms with van der Waals surface area (Å²) in [6.45, 7) is 0.833. The van der Waals surface area contributed by atoms with Gasteiger partial charge in [-0.3, -0.25) is 4.79 Å². The zero-order valence-electron chi connectivity index (χ0n) is 19.8. The molecule has 0 saturated carbocycles. The molecular weight excluding hydrogens is 464 g/mol. The first-order valence-corrected chi connectivity index (χ1v) is 12.1. The molecule has 4 aromatic rings. The van der Waals surface area contributed by atoms with Gasteiger partial charge in [-0.2, -0.15) is 0 Å². The fourth-order valence-electron chi connectivity index (χ4n) is 4.38. The summed E-state index contributed by atoms with van der Waals surface area (Å²) >= 11 is 1.41. The molecular formula is C27H26N2O5S. The molecule has 1 unspecified atom stereocenters. The lowest BCUT2D eigenvalue weighted by Gasteiger charge is -2.37. The number of thiazole rings is 1. The summed E-state index contributed by atoms with van der Waals surface area (Å²) in [6.07, 6.45) is 0.700. The van der Waals surface area contributed by atoms with Crippen LogP contribution in [0.25, 0.3) is 10.2 Å². The van der Waals surface area contributed by atoms with Crippen molar-refractivity contribution in [2.24, 2.45) is 0 Å². The number of ether oxygens (including phenoxy) is 4. The number of carbonyl (C=O) groups excluding carboxylic acids is 1. The molecule has 1 atom stereocenters. The third kappa shape index (κ3) is 4.49. The number of methoxy groups -OCH3 is 3. The van der Waals surface area contributed by atoms with Gasteiger partial charge in [0.2, 0.25) is 0 Å². The minimum Gasteiger partial charge on any atom is -0.497 e. The lowest BCUT2D eigenvalue weighted by molar-refractivity contribution is 0.0589. The summed E-state index contributed by atoms with van der Waals surface area (Å²) in [7, 11) is 4.86. The molecule has 1 aromatic heterocycles. The van der Waals surface area contributed by atoms with Crippen molar-refractivity contribution in [3.05, 3.63) is 76.8 Å². The third-order valence-corrected chi connectivity index (χ3v) is 7.23. The highest BCUT2D eigenvalue weighted by molar-refractivity contribution is 7.20. The molecule has 35 heavy (non-hydrogen) atoms. The van der Waals surface area contributed by atoms with Crippen LogP contribution in [-0.4, -0.2) is 50.3 Å². The Hall–Kier alpha value is -3.78. The van der Waals surface area contributed by atoms with Crippen LogP contribution in [0.4, 0.5) is 0 Å². The maximum absolute atomic E-state index is 13.7. The van der Waals surface area contributed by atoms with Gasteiger partial charge < -0.3 is 23.8 Å². The number of amides is 1. The fraction of sp³-hybridized carbons (Fsp3) is 0.259. The summed E-state index contributed by atoms with van der Waals surface area (Å²) in [5.74, 6) is 2.65. The molecule has 1 amide bonds. The second-order valence-electron chi connectivity index (χ2n) is 8.14. The third-order valence-electron chi connectivity index (χ3n) is 6.21. The van der Waals surface area contributed by atoms with E-state index in [1.807, 2.05) is 65.6 Å². The highest BCUT2D eigenvalue weighted by Gasteiger charge is 2.34. The number of aromatic nitrogens is 1. The number of benzene rings is 3. The van der Waals surface area contributed by atoms with Gasteiger partial charge in [0, 0.05) is 6.54 Å². The van der Waals surface area contributed by atoms with Crippen LogP contribution >= 0.6 is 11.3 Å². The Kier molecular flexibility index (Phi) is 6.46. The van der Waals surface area contributed by atoms with Crippen LogP contribution in [0.2, 0.25) is 0 Å². The van der Waals surface area contributed by atoms with Crippen molar-refractivity contribution in [1.82, 2.24) is 9.88 Å². The standard InChI is InChI=1S/C27H26N2O5S/c1-31-18-8-10-19(11-9-18)34-16-22-20-15-24(33-3)23(32-2)14-17(20)12-13-29(22)27(30)26-28-21-6-4-5-7-25(21)35-26/h4-11,14-15,22H,12-13,16H2,1-3H3. The summed E-state index contributed by atoms with van der Waals surface area (Å²) in [5, 5.41) is 0.476. The molecule has 7 nitrogen and oxygen atoms in total. The van der Waals surface area contributed by atoms with E-state index in [0.29, 0.717) is 35.2 Å². The Bertz CT molecular complexity index is 1320. The van der Waals surface area contributed by atoms with E-state index in [2.05, 4.69) is 4.98 Å². The minimum atomic E-state index is -0.319. The van der Waals surface area contributed by atoms with Crippen LogP contribution in [0.3, 0.4) is 0 Å². The normalized spacial score (nSPS) is 14.9. The number of hydrogen-bond donors (Lipinski definition) is 0. The van der Waals surface area contributed by atoms with E-state index in [4.69, 9.17) is 18.9 Å². The molecule has 0 spiro atoms. The Labute approximate surface area is 207 Å². The van der Waals surface area contributed by atoms with Crippen molar-refractivity contribution in [1.29, 1.82) is 0 Å². The van der Waals surface area contributed by atoms with Crippen molar-refractivity contribution in [2.75, 3.05) is 34.5 Å². The lowest BCUT2D eigenvalue weighted by Crippen LogP contribution is -2.42. The van der Waals surface area contributed by atoms with E-state index in [9.17, 15) is 4.79 Å². The number of rotatable bonds is 7. The zero-order valence-corrected chi connectivity index (χ0v) is 20.6. The predicted molar refractivity (Wildman–Crippen MR) is 135 cm³/mol. The number of fused-ring (bicyclic) bond motifs is 2. The van der Waals surface area contributed by atoms with Gasteiger partial charge in [-0.05, 0) is 66.1 Å². The van der Waals surface area contributed by atoms with E-state index in [1.54, 1.807) is 21.3 Å². The fourth-order valence-corrected chi connectivity index (χ4v) is 5.31. The highest BCUT2D eigenvalue weighted by atomic mass is 32.1. The summed E-state index contributed by atoms with van der Waals surface area (Å²) in [5.41, 5.74) is 2.92. The summed E-state index contributed by atoms with van der Waals surface area (Å²) in [4.78, 5) is 20.2. The van der Waals surface area contributed by atoms with Crippen LogP contribution in [0.15, 0.2) is 60.7 Å². The molecule has 0 radical (unpaired) electrons. The molecule has 5 rings (SSSR count). The molecule has 1 aliphatic heterocycles. The Balaban J connectivity index is 1.50. The average molecular weight is 491 g/mol. The first-order chi connectivity index (χ1) is 17.1. The van der Waals surface area contributed by atoms with E-state index < -0.39 is 0 Å². The Morgan fingerprint density at radius 2 is 1.69 bits per heavy atom. The zero-order chi connectivity index (χ0) is 24.4. The van der Waals surface area contributed by atoms with Crippen LogP contribution in [0, 0.1) is 0 Å². The van der Waals surface area contributed by atoms with Crippen LogP contribution in [0.1, 0.15) is 27.0 Å². The number of carbonyl (C=O) groups is 1. The minimum absolute atomic E-state index is 0.102. The molecule has 0 fully saturated rings. The predicted octanol–water partition coefficient (Wildman–Crippen LogP) is 5.14. The number of para-hydroxylation sites is 1. The largest absolute Gasteiger partial charge is 0.497 e. The molecule has 0 saturated heterocycles. The first kappa shape index (κ1) is 23.0. The topological polar surface area (TPSA) is 70.1 Å². The van der Waals surface area contributed by atoms with E-state index >= 15 is 0 Å². The molecule has 0 aliphatic carbocycles. The van der Waals surface area contributed by atoms with Crippen molar-refractivity contribution in [2.45, 2.75) is 12.5 Å². The van der Waals surface area contributed by atoms with Gasteiger partial charge in [-0.15, -0.1) is 11.3 Å². The van der Waals surface area contributed by atoms with Gasteiger partial charge in [0.25, 0.3) is 5.91 Å². The summed E-state index contributed by atoms with van der Waals surface area (Å²) < 4.78 is 23.5. The molecule has 1 aliphatic rings. The molecule has 8 heteroatoms. The van der Waals surface area contributed by atoms with Crippen LogP contribution in [-0.2, 0) is 6.42 Å². The van der Waals surface area contributed by atoms with E-state index in [-0.39, 0.29) is 18.6 Å². The monoisotopic (exact) mass is 490 g/mol. The maximum atomic E-state index is 13.7. The van der Waals surface area contributed by atoms with Crippen LogP contribution in [0.5, 0.6) is 23.0 Å². The SMILES string of the molecule is COc1ccc(OCC2c3cc(OC)c(OC)cc3CCN2C(=O)c2nc3ccccc3s2)cc1. The van der Waals surface area contributed by atoms with Gasteiger partial charge in [0.05, 0.1) is 37.6 Å². The average Bonchev–Trinajstić information content (AvgIpc) is 3.35. The van der Waals surface area contributed by atoms with Crippen LogP contribution < -0.4 is 18.9 Å².